The molecule has 1 N–H and O–H groups in total. The van der Waals surface area contributed by atoms with Gasteiger partial charge in [0.05, 0.1) is 6.61 Å². The second-order valence-electron chi connectivity index (χ2n) is 3.11. The molecular weight excluding hydrogens is 174 g/mol. The molecule has 0 fully saturated rings. The first-order valence-corrected chi connectivity index (χ1v) is 4.88. The Kier molecular flexibility index (Phi) is 4.20. The van der Waals surface area contributed by atoms with Crippen molar-refractivity contribution >= 4 is 5.69 Å². The van der Waals surface area contributed by atoms with Crippen molar-refractivity contribution in [3.8, 4) is 0 Å². The molecule has 14 heavy (non-hydrogen) atoms. The highest BCUT2D eigenvalue weighted by Gasteiger charge is 2.06. The molecule has 1 aromatic carbocycles. The lowest BCUT2D eigenvalue weighted by molar-refractivity contribution is 0.282. The maximum atomic E-state index is 9.18. The number of hydrogen-bond acceptors (Lipinski definition) is 2. The molecule has 0 saturated carbocycles. The van der Waals surface area contributed by atoms with E-state index in [0.717, 1.165) is 24.3 Å². The second kappa shape index (κ2) is 5.45. The summed E-state index contributed by atoms with van der Waals surface area (Å²) < 4.78 is 0. The van der Waals surface area contributed by atoms with Gasteiger partial charge in [-0.05, 0) is 13.0 Å². The predicted molar refractivity (Wildman–Crippen MR) is 60.4 cm³/mol. The molecule has 0 atom stereocenters. The number of aliphatic hydroxyl groups is 1. The fraction of sp³-hybridized carbons (Fsp3) is 0.333. The van der Waals surface area contributed by atoms with Crippen LogP contribution in [-0.4, -0.2) is 18.2 Å². The maximum Gasteiger partial charge on any atom is 0.0702 e. The van der Waals surface area contributed by atoms with Crippen LogP contribution >= 0.6 is 0 Å². The van der Waals surface area contributed by atoms with Crippen LogP contribution in [0, 0.1) is 0 Å². The van der Waals surface area contributed by atoms with E-state index < -0.39 is 0 Å². The lowest BCUT2D eigenvalue weighted by atomic mass is 10.1. The van der Waals surface area contributed by atoms with Crippen molar-refractivity contribution in [1.29, 1.82) is 0 Å². The molecule has 0 heterocycles. The van der Waals surface area contributed by atoms with Crippen LogP contribution in [0.2, 0.25) is 0 Å². The molecule has 0 radical (unpaired) electrons. The topological polar surface area (TPSA) is 23.5 Å². The van der Waals surface area contributed by atoms with E-state index in [0.29, 0.717) is 0 Å². The van der Waals surface area contributed by atoms with Crippen molar-refractivity contribution in [2.24, 2.45) is 0 Å². The molecule has 0 bridgehead atoms. The third kappa shape index (κ3) is 2.36. The fourth-order valence-electron chi connectivity index (χ4n) is 1.51. The molecule has 0 unspecified atom stereocenters. The van der Waals surface area contributed by atoms with Crippen LogP contribution in [-0.2, 0) is 6.61 Å². The number of nitrogens with zero attached hydrogens (tertiary/aromatic N) is 1. The van der Waals surface area contributed by atoms with Crippen LogP contribution in [0.5, 0.6) is 0 Å². The highest BCUT2D eigenvalue weighted by Crippen LogP contribution is 2.19. The van der Waals surface area contributed by atoms with Crippen LogP contribution in [0.4, 0.5) is 5.69 Å². The summed E-state index contributed by atoms with van der Waals surface area (Å²) in [5.41, 5.74) is 2.06. The first kappa shape index (κ1) is 10.8. The first-order valence-electron chi connectivity index (χ1n) is 4.88. The van der Waals surface area contributed by atoms with Gasteiger partial charge in [0.1, 0.15) is 0 Å². The SMILES string of the molecule is C=CCN(CC)c1ccccc1CO. The van der Waals surface area contributed by atoms with Gasteiger partial charge in [-0.3, -0.25) is 0 Å². The summed E-state index contributed by atoms with van der Waals surface area (Å²) in [4.78, 5) is 2.18. The average molecular weight is 191 g/mol. The Morgan fingerprint density at radius 2 is 2.14 bits per heavy atom. The monoisotopic (exact) mass is 191 g/mol. The summed E-state index contributed by atoms with van der Waals surface area (Å²) in [5, 5.41) is 9.18. The van der Waals surface area contributed by atoms with Gasteiger partial charge in [-0.1, -0.05) is 24.3 Å². The van der Waals surface area contributed by atoms with Gasteiger partial charge in [-0.2, -0.15) is 0 Å². The van der Waals surface area contributed by atoms with Gasteiger partial charge in [0, 0.05) is 24.3 Å². The summed E-state index contributed by atoms with van der Waals surface area (Å²) >= 11 is 0. The molecule has 0 aliphatic rings. The minimum Gasteiger partial charge on any atom is -0.392 e. The fourth-order valence-corrected chi connectivity index (χ4v) is 1.51. The molecule has 0 aromatic heterocycles. The van der Waals surface area contributed by atoms with E-state index in [1.807, 2.05) is 30.3 Å². The Balaban J connectivity index is 2.95. The molecule has 1 rings (SSSR count). The predicted octanol–water partition coefficient (Wildman–Crippen LogP) is 2.19. The Morgan fingerprint density at radius 3 is 2.71 bits per heavy atom. The lowest BCUT2D eigenvalue weighted by Gasteiger charge is -2.23. The largest absolute Gasteiger partial charge is 0.392 e. The van der Waals surface area contributed by atoms with Crippen molar-refractivity contribution in [3.05, 3.63) is 42.5 Å². The summed E-state index contributed by atoms with van der Waals surface area (Å²) in [5.74, 6) is 0. The molecule has 0 aliphatic carbocycles. The standard InChI is InChI=1S/C12H17NO/c1-3-9-13(4-2)12-8-6-5-7-11(12)10-14/h3,5-8,14H,1,4,9-10H2,2H3. The Morgan fingerprint density at radius 1 is 1.43 bits per heavy atom. The van der Waals surface area contributed by atoms with Gasteiger partial charge in [0.25, 0.3) is 0 Å². The molecule has 76 valence electrons. The van der Waals surface area contributed by atoms with Gasteiger partial charge in [-0.15, -0.1) is 6.58 Å². The number of para-hydroxylation sites is 1. The van der Waals surface area contributed by atoms with Crippen LogP contribution in [0.15, 0.2) is 36.9 Å². The van der Waals surface area contributed by atoms with Crippen molar-refractivity contribution < 1.29 is 5.11 Å². The van der Waals surface area contributed by atoms with E-state index in [2.05, 4.69) is 18.4 Å². The molecule has 0 saturated heterocycles. The zero-order valence-electron chi connectivity index (χ0n) is 8.61. The highest BCUT2D eigenvalue weighted by molar-refractivity contribution is 5.53. The van der Waals surface area contributed by atoms with Crippen molar-refractivity contribution in [2.75, 3.05) is 18.0 Å². The summed E-state index contributed by atoms with van der Waals surface area (Å²) in [6.45, 7) is 7.64. The van der Waals surface area contributed by atoms with Crippen LogP contribution in [0.3, 0.4) is 0 Å². The van der Waals surface area contributed by atoms with Crippen LogP contribution in [0.1, 0.15) is 12.5 Å². The highest BCUT2D eigenvalue weighted by atomic mass is 16.3. The summed E-state index contributed by atoms with van der Waals surface area (Å²) in [7, 11) is 0. The van der Waals surface area contributed by atoms with E-state index in [4.69, 9.17) is 0 Å². The quantitative estimate of drug-likeness (QED) is 0.721. The van der Waals surface area contributed by atoms with Crippen molar-refractivity contribution in [2.45, 2.75) is 13.5 Å². The van der Waals surface area contributed by atoms with Gasteiger partial charge in [0.2, 0.25) is 0 Å². The number of anilines is 1. The number of hydrogen-bond donors (Lipinski definition) is 1. The first-order chi connectivity index (χ1) is 6.83. The second-order valence-corrected chi connectivity index (χ2v) is 3.11. The molecule has 0 amide bonds. The Labute approximate surface area is 85.5 Å². The maximum absolute atomic E-state index is 9.18. The minimum absolute atomic E-state index is 0.0871. The normalized spacial score (nSPS) is 9.86. The van der Waals surface area contributed by atoms with Crippen molar-refractivity contribution in [1.82, 2.24) is 0 Å². The van der Waals surface area contributed by atoms with Crippen LogP contribution < -0.4 is 4.90 Å². The van der Waals surface area contributed by atoms with Crippen LogP contribution in [0.25, 0.3) is 0 Å². The van der Waals surface area contributed by atoms with E-state index in [1.165, 1.54) is 0 Å². The molecule has 0 spiro atoms. The van der Waals surface area contributed by atoms with Gasteiger partial charge in [0.15, 0.2) is 0 Å². The average Bonchev–Trinajstić information content (AvgIpc) is 2.26. The Bertz CT molecular complexity index is 296. The third-order valence-corrected chi connectivity index (χ3v) is 2.23. The lowest BCUT2D eigenvalue weighted by Crippen LogP contribution is -2.23. The van der Waals surface area contributed by atoms with E-state index >= 15 is 0 Å². The molecular formula is C12H17NO. The molecule has 2 heteroatoms. The van der Waals surface area contributed by atoms with Gasteiger partial charge < -0.3 is 10.0 Å². The minimum atomic E-state index is 0.0871. The smallest absolute Gasteiger partial charge is 0.0702 e. The van der Waals surface area contributed by atoms with Gasteiger partial charge in [-0.25, -0.2) is 0 Å². The summed E-state index contributed by atoms with van der Waals surface area (Å²) in [6.07, 6.45) is 1.87. The van der Waals surface area contributed by atoms with E-state index in [-0.39, 0.29) is 6.61 Å². The molecule has 1 aromatic rings. The molecule has 2 nitrogen and oxygen atoms in total. The zero-order chi connectivity index (χ0) is 10.4. The zero-order valence-corrected chi connectivity index (χ0v) is 8.61. The number of rotatable bonds is 5. The number of likely N-dealkylation sites (N-methyl/N-ethyl adjacent to an activating group) is 1. The van der Waals surface area contributed by atoms with Crippen molar-refractivity contribution in [3.63, 3.8) is 0 Å². The third-order valence-electron chi connectivity index (χ3n) is 2.23. The summed E-state index contributed by atoms with van der Waals surface area (Å²) in [6, 6.07) is 7.90. The van der Waals surface area contributed by atoms with E-state index in [9.17, 15) is 5.11 Å². The molecule has 0 aliphatic heterocycles. The van der Waals surface area contributed by atoms with Gasteiger partial charge >= 0.3 is 0 Å². The number of aliphatic hydroxyl groups excluding tert-OH is 1. The van der Waals surface area contributed by atoms with E-state index in [1.54, 1.807) is 0 Å². The Hall–Kier alpha value is -1.28. The number of benzene rings is 1.